The molecule has 6 heteroatoms. The number of amides is 1. The maximum atomic E-state index is 12.0. The van der Waals surface area contributed by atoms with Gasteiger partial charge in [0.15, 0.2) is 12.7 Å². The number of esters is 1. The number of carbonyl (C=O) groups excluding carboxylic acids is 2. The van der Waals surface area contributed by atoms with E-state index in [2.05, 4.69) is 21.2 Å². The number of rotatable bonds is 6. The zero-order valence-corrected chi connectivity index (χ0v) is 15.0. The number of aryl methyl sites for hydroxylation is 1. The van der Waals surface area contributed by atoms with E-state index in [4.69, 9.17) is 9.47 Å². The molecule has 1 amide bonds. The molecular weight excluding hydrogens is 374 g/mol. The normalized spacial score (nSPS) is 11.5. The summed E-state index contributed by atoms with van der Waals surface area (Å²) in [5.41, 5.74) is 1.69. The van der Waals surface area contributed by atoms with Gasteiger partial charge >= 0.3 is 5.97 Å². The van der Waals surface area contributed by atoms with Crippen molar-refractivity contribution in [3.05, 3.63) is 58.6 Å². The van der Waals surface area contributed by atoms with Crippen molar-refractivity contribution in [2.24, 2.45) is 0 Å². The van der Waals surface area contributed by atoms with E-state index < -0.39 is 18.0 Å². The molecule has 24 heavy (non-hydrogen) atoms. The van der Waals surface area contributed by atoms with Crippen LogP contribution in [0.4, 0.5) is 5.69 Å². The van der Waals surface area contributed by atoms with Crippen LogP contribution in [-0.2, 0) is 14.3 Å². The lowest BCUT2D eigenvalue weighted by molar-refractivity contribution is -0.155. The maximum absolute atomic E-state index is 12.0. The summed E-state index contributed by atoms with van der Waals surface area (Å²) < 4.78 is 11.3. The Kier molecular flexibility index (Phi) is 6.37. The zero-order valence-electron chi connectivity index (χ0n) is 13.4. The van der Waals surface area contributed by atoms with Crippen LogP contribution in [0.1, 0.15) is 12.5 Å². The van der Waals surface area contributed by atoms with E-state index >= 15 is 0 Å². The van der Waals surface area contributed by atoms with Crippen LogP contribution in [0.3, 0.4) is 0 Å². The lowest BCUT2D eigenvalue weighted by Gasteiger charge is -2.14. The highest BCUT2D eigenvalue weighted by Crippen LogP contribution is 2.17. The van der Waals surface area contributed by atoms with Crippen molar-refractivity contribution in [2.45, 2.75) is 20.0 Å². The standard InChI is InChI=1S/C18H18BrNO4/c1-12-5-3-7-15(9-12)20-18(22)13(2)24-17(21)11-23-16-8-4-6-14(19)10-16/h3-10,13H,11H2,1-2H3,(H,20,22)/t13-/m1/s1. The average molecular weight is 392 g/mol. The maximum Gasteiger partial charge on any atom is 0.344 e. The molecule has 1 N–H and O–H groups in total. The van der Waals surface area contributed by atoms with Gasteiger partial charge in [-0.25, -0.2) is 4.79 Å². The fraction of sp³-hybridized carbons (Fsp3) is 0.222. The zero-order chi connectivity index (χ0) is 17.5. The van der Waals surface area contributed by atoms with Crippen LogP contribution in [-0.4, -0.2) is 24.6 Å². The van der Waals surface area contributed by atoms with Gasteiger partial charge in [0.1, 0.15) is 5.75 Å². The fourth-order valence-corrected chi connectivity index (χ4v) is 2.33. The summed E-state index contributed by atoms with van der Waals surface area (Å²) in [5.74, 6) is -0.462. The van der Waals surface area contributed by atoms with E-state index in [1.54, 1.807) is 24.3 Å². The second kappa shape index (κ2) is 8.49. The molecule has 2 aromatic rings. The first kappa shape index (κ1) is 18.0. The van der Waals surface area contributed by atoms with Crippen molar-refractivity contribution >= 4 is 33.5 Å². The minimum Gasteiger partial charge on any atom is -0.482 e. The molecule has 0 aliphatic heterocycles. The quantitative estimate of drug-likeness (QED) is 0.762. The fourth-order valence-electron chi connectivity index (χ4n) is 1.95. The molecule has 5 nitrogen and oxygen atoms in total. The molecule has 0 saturated carbocycles. The third-order valence-corrected chi connectivity index (χ3v) is 3.61. The Morgan fingerprint density at radius 3 is 2.62 bits per heavy atom. The van der Waals surface area contributed by atoms with E-state index in [9.17, 15) is 9.59 Å². The number of nitrogens with one attached hydrogen (secondary N) is 1. The highest BCUT2D eigenvalue weighted by molar-refractivity contribution is 9.10. The number of ether oxygens (including phenoxy) is 2. The van der Waals surface area contributed by atoms with Crippen LogP contribution in [0.5, 0.6) is 5.75 Å². The Bertz CT molecular complexity index is 732. The first-order valence-electron chi connectivity index (χ1n) is 7.39. The van der Waals surface area contributed by atoms with Crippen molar-refractivity contribution in [3.8, 4) is 5.75 Å². The molecule has 1 atom stereocenters. The molecule has 0 aliphatic rings. The van der Waals surface area contributed by atoms with Gasteiger partial charge in [0.2, 0.25) is 0 Å². The molecular formula is C18H18BrNO4. The summed E-state index contributed by atoms with van der Waals surface area (Å²) in [6.45, 7) is 3.18. The second-order valence-corrected chi connectivity index (χ2v) is 6.15. The molecule has 2 rings (SSSR count). The van der Waals surface area contributed by atoms with Crippen LogP contribution in [0.2, 0.25) is 0 Å². The first-order chi connectivity index (χ1) is 11.4. The number of carbonyl (C=O) groups is 2. The van der Waals surface area contributed by atoms with Crippen molar-refractivity contribution < 1.29 is 19.1 Å². The predicted octanol–water partition coefficient (Wildman–Crippen LogP) is 3.71. The summed E-state index contributed by atoms with van der Waals surface area (Å²) in [4.78, 5) is 23.8. The van der Waals surface area contributed by atoms with Gasteiger partial charge in [-0.15, -0.1) is 0 Å². The van der Waals surface area contributed by atoms with Crippen LogP contribution in [0.15, 0.2) is 53.0 Å². The summed E-state index contributed by atoms with van der Waals surface area (Å²) >= 11 is 3.32. The average Bonchev–Trinajstić information content (AvgIpc) is 2.53. The first-order valence-corrected chi connectivity index (χ1v) is 8.19. The van der Waals surface area contributed by atoms with E-state index in [1.165, 1.54) is 6.92 Å². The van der Waals surface area contributed by atoms with Gasteiger partial charge in [-0.1, -0.05) is 34.1 Å². The lowest BCUT2D eigenvalue weighted by Crippen LogP contribution is -2.31. The van der Waals surface area contributed by atoms with Gasteiger partial charge in [-0.2, -0.15) is 0 Å². The Balaban J connectivity index is 1.81. The molecule has 0 spiro atoms. The van der Waals surface area contributed by atoms with E-state index in [0.717, 1.165) is 10.0 Å². The number of anilines is 1. The number of hydrogen-bond donors (Lipinski definition) is 1. The summed E-state index contributed by atoms with van der Waals surface area (Å²) in [6.07, 6.45) is -0.913. The van der Waals surface area contributed by atoms with Crippen molar-refractivity contribution in [1.82, 2.24) is 0 Å². The molecule has 0 aromatic heterocycles. The van der Waals surface area contributed by atoms with Crippen molar-refractivity contribution in [3.63, 3.8) is 0 Å². The predicted molar refractivity (Wildman–Crippen MR) is 95.0 cm³/mol. The topological polar surface area (TPSA) is 64.6 Å². The van der Waals surface area contributed by atoms with E-state index in [0.29, 0.717) is 11.4 Å². The molecule has 0 radical (unpaired) electrons. The molecule has 0 fully saturated rings. The molecule has 0 bridgehead atoms. The Morgan fingerprint density at radius 1 is 1.17 bits per heavy atom. The highest BCUT2D eigenvalue weighted by Gasteiger charge is 2.18. The van der Waals surface area contributed by atoms with Crippen molar-refractivity contribution in [1.29, 1.82) is 0 Å². The molecule has 0 saturated heterocycles. The molecule has 0 unspecified atom stereocenters. The minimum absolute atomic E-state index is 0.265. The number of halogens is 1. The number of benzene rings is 2. The van der Waals surface area contributed by atoms with Crippen LogP contribution < -0.4 is 10.1 Å². The van der Waals surface area contributed by atoms with E-state index in [1.807, 2.05) is 31.2 Å². The van der Waals surface area contributed by atoms with Gasteiger partial charge in [0, 0.05) is 10.2 Å². The van der Waals surface area contributed by atoms with E-state index in [-0.39, 0.29) is 6.61 Å². The molecule has 0 heterocycles. The van der Waals surface area contributed by atoms with Crippen LogP contribution in [0.25, 0.3) is 0 Å². The van der Waals surface area contributed by atoms with Crippen molar-refractivity contribution in [2.75, 3.05) is 11.9 Å². The Labute approximate surface area is 149 Å². The van der Waals surface area contributed by atoms with Gasteiger partial charge in [0.05, 0.1) is 0 Å². The smallest absolute Gasteiger partial charge is 0.344 e. The summed E-state index contributed by atoms with van der Waals surface area (Å²) in [6, 6.07) is 14.5. The van der Waals surface area contributed by atoms with Crippen LogP contribution in [0, 0.1) is 6.92 Å². The minimum atomic E-state index is -0.913. The SMILES string of the molecule is Cc1cccc(NC(=O)[C@@H](C)OC(=O)COc2cccc(Br)c2)c1. The van der Waals surface area contributed by atoms with Gasteiger partial charge in [-0.05, 0) is 49.7 Å². The third kappa shape index (κ3) is 5.70. The van der Waals surface area contributed by atoms with Crippen LogP contribution >= 0.6 is 15.9 Å². The summed E-state index contributed by atoms with van der Waals surface area (Å²) in [7, 11) is 0. The molecule has 126 valence electrons. The Morgan fingerprint density at radius 2 is 1.92 bits per heavy atom. The van der Waals surface area contributed by atoms with Gasteiger partial charge < -0.3 is 14.8 Å². The molecule has 0 aliphatic carbocycles. The molecule has 2 aromatic carbocycles. The largest absolute Gasteiger partial charge is 0.482 e. The summed E-state index contributed by atoms with van der Waals surface area (Å²) in [5, 5.41) is 2.71. The van der Waals surface area contributed by atoms with Gasteiger partial charge in [-0.3, -0.25) is 4.79 Å². The van der Waals surface area contributed by atoms with Gasteiger partial charge in [0.25, 0.3) is 5.91 Å². The monoisotopic (exact) mass is 391 g/mol. The lowest BCUT2D eigenvalue weighted by atomic mass is 10.2. The number of hydrogen-bond acceptors (Lipinski definition) is 4. The second-order valence-electron chi connectivity index (χ2n) is 5.24. The highest BCUT2D eigenvalue weighted by atomic mass is 79.9. The third-order valence-electron chi connectivity index (χ3n) is 3.12. The Hall–Kier alpha value is -2.34.